The van der Waals surface area contributed by atoms with Crippen LogP contribution in [0.1, 0.15) is 15.9 Å². The van der Waals surface area contributed by atoms with Gasteiger partial charge in [0.15, 0.2) is 0 Å². The van der Waals surface area contributed by atoms with Crippen LogP contribution < -0.4 is 5.48 Å². The van der Waals surface area contributed by atoms with Crippen molar-refractivity contribution >= 4 is 5.97 Å². The Morgan fingerprint density at radius 2 is 1.72 bits per heavy atom. The summed E-state index contributed by atoms with van der Waals surface area (Å²) in [5.41, 5.74) is 3.71. The smallest absolute Gasteiger partial charge is 0.360 e. The van der Waals surface area contributed by atoms with Crippen molar-refractivity contribution in [2.24, 2.45) is 0 Å². The van der Waals surface area contributed by atoms with Crippen molar-refractivity contribution in [3.8, 4) is 5.75 Å². The fourth-order valence-corrected chi connectivity index (χ4v) is 1.48. The number of aromatic hydroxyl groups is 1. The lowest BCUT2D eigenvalue weighted by Crippen LogP contribution is -2.19. The molecule has 2 aromatic carbocycles. The summed E-state index contributed by atoms with van der Waals surface area (Å²) in [5, 5.41) is 9.47. The highest BCUT2D eigenvalue weighted by Crippen LogP contribution is 2.15. The van der Waals surface area contributed by atoms with E-state index in [9.17, 15) is 9.90 Å². The molecule has 0 bridgehead atoms. The summed E-state index contributed by atoms with van der Waals surface area (Å²) in [6.45, 7) is 0.417. The molecule has 0 saturated heterocycles. The van der Waals surface area contributed by atoms with Gasteiger partial charge in [-0.15, -0.1) is 5.48 Å². The number of rotatable bonds is 4. The van der Waals surface area contributed by atoms with E-state index in [2.05, 4.69) is 5.48 Å². The molecule has 4 heteroatoms. The number of benzene rings is 2. The minimum absolute atomic E-state index is 0.0935. The normalized spacial score (nSPS) is 10.0. The van der Waals surface area contributed by atoms with E-state index >= 15 is 0 Å². The first-order valence-corrected chi connectivity index (χ1v) is 5.53. The lowest BCUT2D eigenvalue weighted by atomic mass is 10.2. The Morgan fingerprint density at radius 1 is 1.06 bits per heavy atom. The second-order valence-electron chi connectivity index (χ2n) is 3.71. The molecule has 92 valence electrons. The van der Waals surface area contributed by atoms with Gasteiger partial charge in [0.25, 0.3) is 0 Å². The molecule has 0 aliphatic heterocycles. The highest BCUT2D eigenvalue weighted by Gasteiger charge is 2.11. The van der Waals surface area contributed by atoms with E-state index in [1.807, 2.05) is 30.3 Å². The second-order valence-corrected chi connectivity index (χ2v) is 3.71. The van der Waals surface area contributed by atoms with Crippen molar-refractivity contribution in [3.63, 3.8) is 0 Å². The number of hydroxylamine groups is 1. The molecule has 0 radical (unpaired) electrons. The number of carbonyl (C=O) groups excluding carboxylic acids is 1. The van der Waals surface area contributed by atoms with Crippen LogP contribution in [0.5, 0.6) is 5.75 Å². The van der Waals surface area contributed by atoms with Gasteiger partial charge in [-0.1, -0.05) is 42.5 Å². The maximum Gasteiger partial charge on any atom is 0.360 e. The van der Waals surface area contributed by atoms with Gasteiger partial charge in [-0.2, -0.15) is 0 Å². The van der Waals surface area contributed by atoms with E-state index in [1.54, 1.807) is 12.1 Å². The van der Waals surface area contributed by atoms with Crippen LogP contribution in [0.4, 0.5) is 0 Å². The predicted molar refractivity (Wildman–Crippen MR) is 66.8 cm³/mol. The summed E-state index contributed by atoms with van der Waals surface area (Å²) in [6, 6.07) is 15.8. The zero-order chi connectivity index (χ0) is 12.8. The van der Waals surface area contributed by atoms with E-state index in [0.29, 0.717) is 6.54 Å². The molecule has 0 heterocycles. The molecule has 0 atom stereocenters. The van der Waals surface area contributed by atoms with Gasteiger partial charge in [0.1, 0.15) is 11.3 Å². The molecule has 0 unspecified atom stereocenters. The fraction of sp³-hybridized carbons (Fsp3) is 0.0714. The van der Waals surface area contributed by atoms with Crippen LogP contribution in [0, 0.1) is 0 Å². The molecule has 2 rings (SSSR count). The highest BCUT2D eigenvalue weighted by atomic mass is 16.7. The first kappa shape index (κ1) is 12.1. The molecule has 2 aromatic rings. The lowest BCUT2D eigenvalue weighted by Gasteiger charge is -2.06. The highest BCUT2D eigenvalue weighted by molar-refractivity contribution is 5.92. The maximum absolute atomic E-state index is 11.6. The van der Waals surface area contributed by atoms with Gasteiger partial charge in [0.05, 0.1) is 6.54 Å². The number of hydrogen-bond donors (Lipinski definition) is 2. The zero-order valence-corrected chi connectivity index (χ0v) is 9.67. The van der Waals surface area contributed by atoms with Gasteiger partial charge in [0.2, 0.25) is 0 Å². The van der Waals surface area contributed by atoms with Gasteiger partial charge < -0.3 is 9.94 Å². The molecule has 0 fully saturated rings. The minimum atomic E-state index is -0.607. The van der Waals surface area contributed by atoms with Gasteiger partial charge in [-0.3, -0.25) is 0 Å². The molecule has 0 aromatic heterocycles. The van der Waals surface area contributed by atoms with Crippen molar-refractivity contribution in [2.45, 2.75) is 6.54 Å². The third kappa shape index (κ3) is 3.09. The molecule has 0 saturated carbocycles. The van der Waals surface area contributed by atoms with Crippen LogP contribution in [-0.4, -0.2) is 11.1 Å². The molecular formula is C14H13NO3. The van der Waals surface area contributed by atoms with Crippen LogP contribution in [0.2, 0.25) is 0 Å². The Bertz CT molecular complexity index is 526. The van der Waals surface area contributed by atoms with Gasteiger partial charge in [-0.25, -0.2) is 4.79 Å². The second kappa shape index (κ2) is 5.84. The monoisotopic (exact) mass is 243 g/mol. The van der Waals surface area contributed by atoms with Crippen LogP contribution in [0.25, 0.3) is 0 Å². The van der Waals surface area contributed by atoms with Crippen molar-refractivity contribution in [2.75, 3.05) is 0 Å². The molecule has 0 amide bonds. The number of para-hydroxylation sites is 1. The topological polar surface area (TPSA) is 58.6 Å². The Morgan fingerprint density at radius 3 is 2.44 bits per heavy atom. The minimum Gasteiger partial charge on any atom is -0.507 e. The van der Waals surface area contributed by atoms with E-state index in [-0.39, 0.29) is 11.3 Å². The Kier molecular flexibility index (Phi) is 3.94. The summed E-state index contributed by atoms with van der Waals surface area (Å²) < 4.78 is 0. The van der Waals surface area contributed by atoms with E-state index in [0.717, 1.165) is 5.56 Å². The number of phenols is 1. The Balaban J connectivity index is 1.88. The average Bonchev–Trinajstić information content (AvgIpc) is 2.40. The summed E-state index contributed by atoms with van der Waals surface area (Å²) in [6.07, 6.45) is 0. The Labute approximate surface area is 105 Å². The molecule has 0 aliphatic carbocycles. The van der Waals surface area contributed by atoms with Crippen molar-refractivity contribution in [3.05, 3.63) is 65.7 Å². The molecule has 0 spiro atoms. The fourth-order valence-electron chi connectivity index (χ4n) is 1.48. The first-order chi connectivity index (χ1) is 8.77. The number of phenolic OH excluding ortho intramolecular Hbond substituents is 1. The van der Waals surface area contributed by atoms with E-state index in [4.69, 9.17) is 4.84 Å². The van der Waals surface area contributed by atoms with Crippen LogP contribution in [-0.2, 0) is 11.4 Å². The number of carbonyl (C=O) groups is 1. The summed E-state index contributed by atoms with van der Waals surface area (Å²) in [4.78, 5) is 16.5. The van der Waals surface area contributed by atoms with Gasteiger partial charge in [-0.05, 0) is 17.7 Å². The number of hydrogen-bond acceptors (Lipinski definition) is 4. The van der Waals surface area contributed by atoms with Crippen molar-refractivity contribution < 1.29 is 14.7 Å². The largest absolute Gasteiger partial charge is 0.507 e. The predicted octanol–water partition coefficient (Wildman–Crippen LogP) is 2.25. The maximum atomic E-state index is 11.6. The lowest BCUT2D eigenvalue weighted by molar-refractivity contribution is 0.0234. The summed E-state index contributed by atoms with van der Waals surface area (Å²) in [7, 11) is 0. The molecule has 4 nitrogen and oxygen atoms in total. The van der Waals surface area contributed by atoms with E-state index in [1.165, 1.54) is 12.1 Å². The standard InChI is InChI=1S/C14H13NO3/c16-13-9-5-4-8-12(13)14(17)18-15-10-11-6-2-1-3-7-11/h1-9,15-16H,10H2. The third-order valence-corrected chi connectivity index (χ3v) is 2.41. The molecular weight excluding hydrogens is 230 g/mol. The first-order valence-electron chi connectivity index (χ1n) is 5.53. The van der Waals surface area contributed by atoms with E-state index < -0.39 is 5.97 Å². The SMILES string of the molecule is O=C(ONCc1ccccc1)c1ccccc1O. The molecule has 2 N–H and O–H groups in total. The molecule has 0 aliphatic rings. The van der Waals surface area contributed by atoms with Crippen LogP contribution >= 0.6 is 0 Å². The summed E-state index contributed by atoms with van der Waals surface area (Å²) >= 11 is 0. The van der Waals surface area contributed by atoms with Crippen molar-refractivity contribution in [1.82, 2.24) is 5.48 Å². The van der Waals surface area contributed by atoms with Crippen LogP contribution in [0.3, 0.4) is 0 Å². The Hall–Kier alpha value is -2.33. The quantitative estimate of drug-likeness (QED) is 0.809. The van der Waals surface area contributed by atoms with Gasteiger partial charge in [0, 0.05) is 0 Å². The van der Waals surface area contributed by atoms with Crippen LogP contribution in [0.15, 0.2) is 54.6 Å². The van der Waals surface area contributed by atoms with Gasteiger partial charge >= 0.3 is 5.97 Å². The average molecular weight is 243 g/mol. The zero-order valence-electron chi connectivity index (χ0n) is 9.67. The van der Waals surface area contributed by atoms with Crippen molar-refractivity contribution in [1.29, 1.82) is 0 Å². The summed E-state index contributed by atoms with van der Waals surface area (Å²) in [5.74, 6) is -0.701. The number of nitrogens with one attached hydrogen (secondary N) is 1. The third-order valence-electron chi connectivity index (χ3n) is 2.41. The molecule has 18 heavy (non-hydrogen) atoms.